The monoisotopic (exact) mass is 381 g/mol. The van der Waals surface area contributed by atoms with Crippen molar-refractivity contribution >= 4 is 17.7 Å². The minimum Gasteiger partial charge on any atom is -0.350 e. The van der Waals surface area contributed by atoms with Crippen molar-refractivity contribution in [1.29, 1.82) is 0 Å². The van der Waals surface area contributed by atoms with Crippen molar-refractivity contribution in [2.75, 3.05) is 6.54 Å². The second-order valence-corrected chi connectivity index (χ2v) is 7.04. The smallest absolute Gasteiger partial charge is 0.251 e. The number of carbonyl (C=O) groups is 3. The Balaban J connectivity index is 1.86. The predicted octanol–water partition coefficient (Wildman–Crippen LogP) is 2.18. The van der Waals surface area contributed by atoms with Gasteiger partial charge in [-0.3, -0.25) is 14.4 Å². The highest BCUT2D eigenvalue weighted by Gasteiger charge is 2.25. The molecule has 0 heterocycles. The SMILES string of the molecule is Cc1cccc(C(=O)NC(C(=O)NCC(=O)NCc2ccccc2)C(C)C)c1. The average Bonchev–Trinajstić information content (AvgIpc) is 2.69. The Bertz CT molecular complexity index is 819. The Hall–Kier alpha value is -3.15. The Morgan fingerprint density at radius 1 is 0.929 bits per heavy atom. The molecule has 6 nitrogen and oxygen atoms in total. The van der Waals surface area contributed by atoms with Gasteiger partial charge in [-0.05, 0) is 30.5 Å². The van der Waals surface area contributed by atoms with E-state index in [9.17, 15) is 14.4 Å². The maximum atomic E-state index is 12.5. The largest absolute Gasteiger partial charge is 0.350 e. The molecule has 0 fully saturated rings. The van der Waals surface area contributed by atoms with E-state index in [0.29, 0.717) is 12.1 Å². The highest BCUT2D eigenvalue weighted by Crippen LogP contribution is 2.07. The number of hydrogen-bond donors (Lipinski definition) is 3. The molecule has 2 aromatic carbocycles. The second-order valence-electron chi connectivity index (χ2n) is 7.04. The van der Waals surface area contributed by atoms with Crippen molar-refractivity contribution in [3.05, 3.63) is 71.3 Å². The standard InChI is InChI=1S/C22H27N3O3/c1-15(2)20(25-21(27)18-11-7-8-16(3)12-18)22(28)24-14-19(26)23-13-17-9-5-4-6-10-17/h4-12,15,20H,13-14H2,1-3H3,(H,23,26)(H,24,28)(H,25,27). The lowest BCUT2D eigenvalue weighted by atomic mass is 10.0. The van der Waals surface area contributed by atoms with Crippen LogP contribution < -0.4 is 16.0 Å². The Labute approximate surface area is 165 Å². The van der Waals surface area contributed by atoms with Crippen LogP contribution >= 0.6 is 0 Å². The number of amides is 3. The van der Waals surface area contributed by atoms with E-state index in [1.807, 2.05) is 57.2 Å². The molecule has 0 saturated carbocycles. The van der Waals surface area contributed by atoms with E-state index in [-0.39, 0.29) is 30.2 Å². The fourth-order valence-corrected chi connectivity index (χ4v) is 2.68. The van der Waals surface area contributed by atoms with Crippen molar-refractivity contribution in [3.8, 4) is 0 Å². The van der Waals surface area contributed by atoms with Crippen LogP contribution in [0.15, 0.2) is 54.6 Å². The molecule has 0 radical (unpaired) electrons. The molecule has 1 atom stereocenters. The van der Waals surface area contributed by atoms with Gasteiger partial charge in [-0.15, -0.1) is 0 Å². The quantitative estimate of drug-likeness (QED) is 0.655. The summed E-state index contributed by atoms with van der Waals surface area (Å²) in [5.74, 6) is -1.11. The summed E-state index contributed by atoms with van der Waals surface area (Å²) in [5, 5.41) is 8.12. The van der Waals surface area contributed by atoms with E-state index in [1.54, 1.807) is 18.2 Å². The molecule has 2 aromatic rings. The van der Waals surface area contributed by atoms with Gasteiger partial charge < -0.3 is 16.0 Å². The van der Waals surface area contributed by atoms with Crippen LogP contribution in [-0.4, -0.2) is 30.3 Å². The number of hydrogen-bond acceptors (Lipinski definition) is 3. The zero-order chi connectivity index (χ0) is 20.5. The van der Waals surface area contributed by atoms with Gasteiger partial charge in [-0.25, -0.2) is 0 Å². The van der Waals surface area contributed by atoms with Gasteiger partial charge in [0.2, 0.25) is 11.8 Å². The summed E-state index contributed by atoms with van der Waals surface area (Å²) in [6.07, 6.45) is 0. The molecule has 0 aliphatic rings. The topological polar surface area (TPSA) is 87.3 Å². The molecular formula is C22H27N3O3. The molecular weight excluding hydrogens is 354 g/mol. The molecule has 0 saturated heterocycles. The van der Waals surface area contributed by atoms with Crippen molar-refractivity contribution < 1.29 is 14.4 Å². The zero-order valence-electron chi connectivity index (χ0n) is 16.5. The van der Waals surface area contributed by atoms with E-state index in [4.69, 9.17) is 0 Å². The fraction of sp³-hybridized carbons (Fsp3) is 0.318. The third kappa shape index (κ3) is 6.54. The number of rotatable bonds is 8. The molecule has 2 rings (SSSR count). The first-order valence-corrected chi connectivity index (χ1v) is 9.32. The zero-order valence-corrected chi connectivity index (χ0v) is 16.5. The van der Waals surface area contributed by atoms with E-state index in [2.05, 4.69) is 16.0 Å². The maximum Gasteiger partial charge on any atom is 0.251 e. The van der Waals surface area contributed by atoms with Crippen molar-refractivity contribution in [3.63, 3.8) is 0 Å². The Morgan fingerprint density at radius 3 is 2.29 bits per heavy atom. The van der Waals surface area contributed by atoms with Gasteiger partial charge in [0.15, 0.2) is 0 Å². The highest BCUT2D eigenvalue weighted by atomic mass is 16.2. The van der Waals surface area contributed by atoms with E-state index in [0.717, 1.165) is 11.1 Å². The Morgan fingerprint density at radius 2 is 1.64 bits per heavy atom. The van der Waals surface area contributed by atoms with Crippen LogP contribution in [0.2, 0.25) is 0 Å². The molecule has 0 bridgehead atoms. The van der Waals surface area contributed by atoms with Gasteiger partial charge in [0.25, 0.3) is 5.91 Å². The minimum atomic E-state index is -0.727. The molecule has 0 aromatic heterocycles. The van der Waals surface area contributed by atoms with Gasteiger partial charge >= 0.3 is 0 Å². The lowest BCUT2D eigenvalue weighted by Gasteiger charge is -2.21. The number of aryl methyl sites for hydroxylation is 1. The van der Waals surface area contributed by atoms with Crippen molar-refractivity contribution in [1.82, 2.24) is 16.0 Å². The van der Waals surface area contributed by atoms with Crippen LogP contribution in [-0.2, 0) is 16.1 Å². The van der Waals surface area contributed by atoms with E-state index < -0.39 is 6.04 Å². The van der Waals surface area contributed by atoms with Crippen LogP contribution in [0.5, 0.6) is 0 Å². The number of nitrogens with one attached hydrogen (secondary N) is 3. The normalized spacial score (nSPS) is 11.6. The van der Waals surface area contributed by atoms with Gasteiger partial charge in [-0.2, -0.15) is 0 Å². The highest BCUT2D eigenvalue weighted by molar-refractivity contribution is 5.98. The van der Waals surface area contributed by atoms with E-state index >= 15 is 0 Å². The first-order valence-electron chi connectivity index (χ1n) is 9.32. The maximum absolute atomic E-state index is 12.5. The molecule has 1 unspecified atom stereocenters. The van der Waals surface area contributed by atoms with Crippen LogP contribution in [0, 0.1) is 12.8 Å². The van der Waals surface area contributed by atoms with Crippen LogP contribution in [0.3, 0.4) is 0 Å². The summed E-state index contributed by atoms with van der Waals surface area (Å²) in [7, 11) is 0. The lowest BCUT2D eigenvalue weighted by molar-refractivity contribution is -0.127. The summed E-state index contributed by atoms with van der Waals surface area (Å²) < 4.78 is 0. The molecule has 6 heteroatoms. The third-order valence-electron chi connectivity index (χ3n) is 4.27. The second kappa shape index (κ2) is 10.3. The summed E-state index contributed by atoms with van der Waals surface area (Å²) in [5.41, 5.74) is 2.44. The van der Waals surface area contributed by atoms with Crippen molar-refractivity contribution in [2.45, 2.75) is 33.4 Å². The number of carbonyl (C=O) groups excluding carboxylic acids is 3. The summed E-state index contributed by atoms with van der Waals surface area (Å²) in [6.45, 7) is 5.84. The van der Waals surface area contributed by atoms with Gasteiger partial charge in [0.05, 0.1) is 6.54 Å². The summed E-state index contributed by atoms with van der Waals surface area (Å²) in [6, 6.07) is 16.0. The molecule has 28 heavy (non-hydrogen) atoms. The first kappa shape index (κ1) is 21.2. The molecule has 0 aliphatic heterocycles. The van der Waals surface area contributed by atoms with Crippen LogP contribution in [0.25, 0.3) is 0 Å². The average molecular weight is 381 g/mol. The van der Waals surface area contributed by atoms with Crippen LogP contribution in [0.1, 0.15) is 35.3 Å². The van der Waals surface area contributed by atoms with Gasteiger partial charge in [0, 0.05) is 12.1 Å². The van der Waals surface area contributed by atoms with Gasteiger partial charge in [-0.1, -0.05) is 61.9 Å². The van der Waals surface area contributed by atoms with Crippen molar-refractivity contribution in [2.24, 2.45) is 5.92 Å². The minimum absolute atomic E-state index is 0.124. The van der Waals surface area contributed by atoms with E-state index in [1.165, 1.54) is 0 Å². The molecule has 148 valence electrons. The van der Waals surface area contributed by atoms with Crippen LogP contribution in [0.4, 0.5) is 0 Å². The fourth-order valence-electron chi connectivity index (χ4n) is 2.68. The third-order valence-corrected chi connectivity index (χ3v) is 4.27. The molecule has 3 N–H and O–H groups in total. The molecule has 0 spiro atoms. The summed E-state index contributed by atoms with van der Waals surface area (Å²) >= 11 is 0. The summed E-state index contributed by atoms with van der Waals surface area (Å²) in [4.78, 5) is 36.9. The molecule has 0 aliphatic carbocycles. The molecule has 3 amide bonds. The lowest BCUT2D eigenvalue weighted by Crippen LogP contribution is -2.51. The Kier molecular flexibility index (Phi) is 7.75. The van der Waals surface area contributed by atoms with Gasteiger partial charge in [0.1, 0.15) is 6.04 Å². The predicted molar refractivity (Wildman–Crippen MR) is 109 cm³/mol. The number of benzene rings is 2. The first-order chi connectivity index (χ1) is 13.4.